The minimum atomic E-state index is -0.579. The molecular formula is C17H27N3. The Morgan fingerprint density at radius 1 is 1.10 bits per heavy atom. The summed E-state index contributed by atoms with van der Waals surface area (Å²) in [5, 5.41) is 9.27. The number of nitriles is 1. The van der Waals surface area contributed by atoms with Crippen molar-refractivity contribution in [2.75, 3.05) is 19.6 Å². The van der Waals surface area contributed by atoms with Gasteiger partial charge in [0.15, 0.2) is 0 Å². The lowest BCUT2D eigenvalue weighted by molar-refractivity contribution is -0.0523. The van der Waals surface area contributed by atoms with Crippen LogP contribution in [-0.2, 0) is 0 Å². The number of hydrogen-bond donors (Lipinski definition) is 1. The molecule has 5 fully saturated rings. The summed E-state index contributed by atoms with van der Waals surface area (Å²) in [4.78, 5) is 2.51. The van der Waals surface area contributed by atoms with Crippen LogP contribution in [0.2, 0.25) is 0 Å². The first-order valence-electron chi connectivity index (χ1n) is 8.58. The zero-order valence-corrected chi connectivity index (χ0v) is 12.4. The van der Waals surface area contributed by atoms with Crippen molar-refractivity contribution in [3.05, 3.63) is 0 Å². The van der Waals surface area contributed by atoms with Crippen LogP contribution in [-0.4, -0.2) is 30.1 Å². The lowest BCUT2D eigenvalue weighted by Crippen LogP contribution is -2.56. The van der Waals surface area contributed by atoms with Crippen LogP contribution in [0.1, 0.15) is 44.9 Å². The molecule has 0 radical (unpaired) electrons. The van der Waals surface area contributed by atoms with E-state index in [1.807, 2.05) is 0 Å². The first kappa shape index (κ1) is 13.1. The summed E-state index contributed by atoms with van der Waals surface area (Å²) in [5.74, 6) is 5.00. The molecule has 1 unspecified atom stereocenters. The van der Waals surface area contributed by atoms with E-state index in [4.69, 9.17) is 5.73 Å². The van der Waals surface area contributed by atoms with Crippen molar-refractivity contribution < 1.29 is 0 Å². The Kier molecular flexibility index (Phi) is 3.09. The van der Waals surface area contributed by atoms with Crippen molar-refractivity contribution in [1.29, 1.82) is 5.26 Å². The van der Waals surface area contributed by atoms with Crippen LogP contribution in [0.25, 0.3) is 0 Å². The van der Waals surface area contributed by atoms with Crippen LogP contribution in [0, 0.1) is 40.9 Å². The average molecular weight is 273 g/mol. The third kappa shape index (κ3) is 2.18. The second-order valence-electron chi connectivity index (χ2n) is 8.20. The fourth-order valence-electron chi connectivity index (χ4n) is 6.06. The molecule has 4 saturated carbocycles. The smallest absolute Gasteiger partial charge is 0.117 e. The van der Waals surface area contributed by atoms with E-state index >= 15 is 0 Å². The predicted octanol–water partition coefficient (Wildman–Crippen LogP) is 2.38. The normalized spacial score (nSPS) is 51.1. The highest BCUT2D eigenvalue weighted by Crippen LogP contribution is 2.56. The highest BCUT2D eigenvalue weighted by molar-refractivity contribution is 5.09. The van der Waals surface area contributed by atoms with Crippen LogP contribution in [0.5, 0.6) is 0 Å². The number of rotatable bonds is 2. The standard InChI is InChI=1S/C17H27N3/c18-10-17(19)2-1-3-20(11-17)9-16-14-5-12-4-13(7-14)8-15(16)6-12/h12-16H,1-9,11,19H2. The van der Waals surface area contributed by atoms with Crippen molar-refractivity contribution in [2.45, 2.75) is 50.5 Å². The second-order valence-corrected chi connectivity index (χ2v) is 8.20. The van der Waals surface area contributed by atoms with Gasteiger partial charge in [-0.15, -0.1) is 0 Å². The van der Waals surface area contributed by atoms with Gasteiger partial charge in [-0.3, -0.25) is 0 Å². The van der Waals surface area contributed by atoms with Gasteiger partial charge in [0.25, 0.3) is 0 Å². The molecule has 2 N–H and O–H groups in total. The maximum atomic E-state index is 9.27. The molecule has 0 amide bonds. The van der Waals surface area contributed by atoms with Gasteiger partial charge in [0, 0.05) is 13.1 Å². The summed E-state index contributed by atoms with van der Waals surface area (Å²) in [6, 6.07) is 2.35. The van der Waals surface area contributed by atoms with Crippen LogP contribution < -0.4 is 5.73 Å². The zero-order chi connectivity index (χ0) is 13.7. The fourth-order valence-corrected chi connectivity index (χ4v) is 6.06. The Bertz CT molecular complexity index is 398. The Morgan fingerprint density at radius 3 is 2.35 bits per heavy atom. The van der Waals surface area contributed by atoms with Crippen LogP contribution in [0.3, 0.4) is 0 Å². The van der Waals surface area contributed by atoms with Crippen LogP contribution in [0.4, 0.5) is 0 Å². The van der Waals surface area contributed by atoms with Gasteiger partial charge >= 0.3 is 0 Å². The summed E-state index contributed by atoms with van der Waals surface area (Å²) in [6.07, 6.45) is 9.49. The van der Waals surface area contributed by atoms with Crippen molar-refractivity contribution in [3.8, 4) is 6.07 Å². The van der Waals surface area contributed by atoms with Crippen molar-refractivity contribution in [2.24, 2.45) is 35.3 Å². The van der Waals surface area contributed by atoms with E-state index in [-0.39, 0.29) is 0 Å². The van der Waals surface area contributed by atoms with E-state index < -0.39 is 5.54 Å². The molecule has 1 atom stereocenters. The van der Waals surface area contributed by atoms with Crippen LogP contribution in [0.15, 0.2) is 0 Å². The first-order valence-corrected chi connectivity index (χ1v) is 8.58. The maximum Gasteiger partial charge on any atom is 0.117 e. The Labute approximate surface area is 122 Å². The van der Waals surface area contributed by atoms with Gasteiger partial charge in [0.05, 0.1) is 6.07 Å². The molecule has 0 spiro atoms. The van der Waals surface area contributed by atoms with E-state index in [9.17, 15) is 5.26 Å². The summed E-state index contributed by atoms with van der Waals surface area (Å²) >= 11 is 0. The number of hydrogen-bond acceptors (Lipinski definition) is 3. The molecule has 1 aliphatic heterocycles. The largest absolute Gasteiger partial charge is 0.312 e. The number of piperidine rings is 1. The summed E-state index contributed by atoms with van der Waals surface area (Å²) in [7, 11) is 0. The zero-order valence-electron chi connectivity index (χ0n) is 12.4. The molecule has 1 heterocycles. The van der Waals surface area contributed by atoms with Gasteiger partial charge in [-0.2, -0.15) is 5.26 Å². The first-order chi connectivity index (χ1) is 9.65. The topological polar surface area (TPSA) is 53.1 Å². The Morgan fingerprint density at radius 2 is 1.75 bits per heavy atom. The lowest BCUT2D eigenvalue weighted by Gasteiger charge is -2.55. The van der Waals surface area contributed by atoms with E-state index in [2.05, 4.69) is 11.0 Å². The molecular weight excluding hydrogens is 246 g/mol. The van der Waals surface area contributed by atoms with Crippen molar-refractivity contribution in [3.63, 3.8) is 0 Å². The number of nitrogens with zero attached hydrogens (tertiary/aromatic N) is 2. The van der Waals surface area contributed by atoms with E-state index in [1.54, 1.807) is 0 Å². The molecule has 3 heteroatoms. The van der Waals surface area contributed by atoms with Gasteiger partial charge in [-0.25, -0.2) is 0 Å². The number of nitrogens with two attached hydrogens (primary N) is 1. The molecule has 0 aromatic rings. The molecule has 5 rings (SSSR count). The monoisotopic (exact) mass is 273 g/mol. The quantitative estimate of drug-likeness (QED) is 0.840. The van der Waals surface area contributed by atoms with Crippen molar-refractivity contribution >= 4 is 0 Å². The Balaban J connectivity index is 1.43. The molecule has 3 nitrogen and oxygen atoms in total. The molecule has 4 aliphatic carbocycles. The highest BCUT2D eigenvalue weighted by Gasteiger charge is 2.48. The fraction of sp³-hybridized carbons (Fsp3) is 0.941. The van der Waals surface area contributed by atoms with E-state index in [1.165, 1.54) is 38.6 Å². The summed E-state index contributed by atoms with van der Waals surface area (Å²) in [6.45, 7) is 3.17. The number of likely N-dealkylation sites (tertiary alicyclic amines) is 1. The molecule has 1 saturated heterocycles. The van der Waals surface area contributed by atoms with Gasteiger partial charge in [-0.05, 0) is 81.1 Å². The van der Waals surface area contributed by atoms with E-state index in [0.717, 1.165) is 55.5 Å². The molecule has 0 aromatic heterocycles. The second kappa shape index (κ2) is 4.71. The predicted molar refractivity (Wildman–Crippen MR) is 78.7 cm³/mol. The summed E-state index contributed by atoms with van der Waals surface area (Å²) < 4.78 is 0. The molecule has 110 valence electrons. The SMILES string of the molecule is N#CC1(N)CCCN(CC2C3CC4CC(C3)CC2C4)C1. The lowest BCUT2D eigenvalue weighted by atomic mass is 9.52. The minimum absolute atomic E-state index is 0.579. The third-order valence-electron chi connectivity index (χ3n) is 6.72. The maximum absolute atomic E-state index is 9.27. The third-order valence-corrected chi connectivity index (χ3v) is 6.72. The minimum Gasteiger partial charge on any atom is -0.312 e. The van der Waals surface area contributed by atoms with Crippen LogP contribution >= 0.6 is 0 Å². The van der Waals surface area contributed by atoms with Gasteiger partial charge < -0.3 is 10.6 Å². The highest BCUT2D eigenvalue weighted by atomic mass is 15.2. The average Bonchev–Trinajstić information content (AvgIpc) is 2.42. The van der Waals surface area contributed by atoms with E-state index in [0.29, 0.717) is 0 Å². The summed E-state index contributed by atoms with van der Waals surface area (Å²) in [5.41, 5.74) is 5.62. The molecule has 20 heavy (non-hydrogen) atoms. The van der Waals surface area contributed by atoms with Crippen molar-refractivity contribution in [1.82, 2.24) is 4.90 Å². The molecule has 0 aromatic carbocycles. The molecule has 4 bridgehead atoms. The Hall–Kier alpha value is -0.590. The van der Waals surface area contributed by atoms with Gasteiger partial charge in [0.2, 0.25) is 0 Å². The molecule has 5 aliphatic rings. The van der Waals surface area contributed by atoms with Gasteiger partial charge in [0.1, 0.15) is 5.54 Å². The van der Waals surface area contributed by atoms with Gasteiger partial charge in [-0.1, -0.05) is 0 Å².